The first kappa shape index (κ1) is 27.0. The zero-order valence-corrected chi connectivity index (χ0v) is 21.7. The zero-order valence-electron chi connectivity index (χ0n) is 21.7. The fourth-order valence-corrected chi connectivity index (χ4v) is 3.94. The van der Waals surface area contributed by atoms with Crippen LogP contribution in [-0.4, -0.2) is 76.8 Å². The van der Waals surface area contributed by atoms with Crippen LogP contribution >= 0.6 is 0 Å². The molecule has 0 radical (unpaired) electrons. The fourth-order valence-electron chi connectivity index (χ4n) is 3.94. The van der Waals surface area contributed by atoms with Gasteiger partial charge in [0, 0.05) is 43.7 Å². The molecule has 8 nitrogen and oxygen atoms in total. The van der Waals surface area contributed by atoms with Crippen LogP contribution in [0.15, 0.2) is 42.6 Å². The van der Waals surface area contributed by atoms with Crippen molar-refractivity contribution in [2.24, 2.45) is 5.92 Å². The minimum Gasteiger partial charge on any atom is -0.472 e. The minimum absolute atomic E-state index is 0.0120. The van der Waals surface area contributed by atoms with E-state index >= 15 is 0 Å². The van der Waals surface area contributed by atoms with E-state index in [0.717, 1.165) is 5.56 Å². The lowest BCUT2D eigenvalue weighted by Gasteiger charge is -2.37. The highest BCUT2D eigenvalue weighted by molar-refractivity contribution is 5.97. The number of carbonyl (C=O) groups is 2. The molecule has 1 aliphatic rings. The number of nitrogens with zero attached hydrogens (tertiary/aromatic N) is 3. The van der Waals surface area contributed by atoms with Gasteiger partial charge in [0.15, 0.2) is 0 Å². The predicted molar refractivity (Wildman–Crippen MR) is 139 cm³/mol. The van der Waals surface area contributed by atoms with Gasteiger partial charge in [-0.25, -0.2) is 9.78 Å². The molecule has 0 aliphatic carbocycles. The molecule has 8 heteroatoms. The van der Waals surface area contributed by atoms with Gasteiger partial charge in [-0.2, -0.15) is 0 Å². The number of carbonyl (C=O) groups excluding carboxylic acids is 2. The van der Waals surface area contributed by atoms with Crippen LogP contribution in [0.2, 0.25) is 0 Å². The third kappa shape index (κ3) is 6.98. The molecule has 3 amide bonds. The van der Waals surface area contributed by atoms with Gasteiger partial charge in [0.1, 0.15) is 11.7 Å². The van der Waals surface area contributed by atoms with Crippen molar-refractivity contribution >= 4 is 11.9 Å². The number of nitrogens with one attached hydrogen (secondary N) is 1. The molecule has 1 aromatic carbocycles. The molecule has 3 atom stereocenters. The molecule has 192 valence electrons. The van der Waals surface area contributed by atoms with Crippen molar-refractivity contribution in [3.05, 3.63) is 59.3 Å². The first-order valence-corrected chi connectivity index (χ1v) is 12.3. The summed E-state index contributed by atoms with van der Waals surface area (Å²) < 4.78 is 6.24. The van der Waals surface area contributed by atoms with Crippen molar-refractivity contribution in [3.63, 3.8) is 0 Å². The van der Waals surface area contributed by atoms with Crippen LogP contribution in [0.4, 0.5) is 4.79 Å². The van der Waals surface area contributed by atoms with E-state index in [1.807, 2.05) is 51.1 Å². The van der Waals surface area contributed by atoms with Crippen LogP contribution in [-0.2, 0) is 6.42 Å². The van der Waals surface area contributed by atoms with Gasteiger partial charge < -0.3 is 25.0 Å². The Kier molecular flexibility index (Phi) is 9.31. The lowest BCUT2D eigenvalue weighted by Crippen LogP contribution is -2.51. The quantitative estimate of drug-likeness (QED) is 0.605. The monoisotopic (exact) mass is 492 g/mol. The van der Waals surface area contributed by atoms with E-state index in [4.69, 9.17) is 4.74 Å². The lowest BCUT2D eigenvalue weighted by molar-refractivity contribution is 0.0351. The molecule has 0 saturated heterocycles. The minimum atomic E-state index is -0.407. The molecule has 2 heterocycles. The van der Waals surface area contributed by atoms with Crippen LogP contribution in [0.1, 0.15) is 49.2 Å². The summed E-state index contributed by atoms with van der Waals surface area (Å²) in [5, 5.41) is 12.7. The Labute approximate surface area is 213 Å². The summed E-state index contributed by atoms with van der Waals surface area (Å²) in [6, 6.07) is 11.1. The van der Waals surface area contributed by atoms with E-state index < -0.39 is 6.10 Å². The molecule has 0 fully saturated rings. The second-order valence-corrected chi connectivity index (χ2v) is 9.65. The number of aliphatic hydroxyl groups excluding tert-OH is 1. The Morgan fingerprint density at radius 3 is 2.69 bits per heavy atom. The first-order chi connectivity index (χ1) is 17.2. The van der Waals surface area contributed by atoms with Gasteiger partial charge in [-0.05, 0) is 32.4 Å². The van der Waals surface area contributed by atoms with Gasteiger partial charge in [-0.3, -0.25) is 4.79 Å². The summed E-state index contributed by atoms with van der Waals surface area (Å²) in [6.07, 6.45) is 1.78. The van der Waals surface area contributed by atoms with Crippen molar-refractivity contribution in [2.45, 2.75) is 52.3 Å². The van der Waals surface area contributed by atoms with Crippen LogP contribution in [0.25, 0.3) is 0 Å². The highest BCUT2D eigenvalue weighted by atomic mass is 16.5. The Morgan fingerprint density at radius 1 is 1.31 bits per heavy atom. The Morgan fingerprint density at radius 2 is 2.03 bits per heavy atom. The molecule has 0 bridgehead atoms. The largest absolute Gasteiger partial charge is 0.472 e. The van der Waals surface area contributed by atoms with Gasteiger partial charge in [-0.1, -0.05) is 49.1 Å². The van der Waals surface area contributed by atoms with E-state index in [9.17, 15) is 14.7 Å². The smallest absolute Gasteiger partial charge is 0.317 e. The third-order valence-corrected chi connectivity index (χ3v) is 6.10. The van der Waals surface area contributed by atoms with Crippen LogP contribution in [0.5, 0.6) is 5.88 Å². The number of likely N-dealkylation sites (N-methyl/N-ethyl adjacent to an activating group) is 1. The number of pyridine rings is 1. The van der Waals surface area contributed by atoms with Crippen LogP contribution in [0, 0.1) is 17.8 Å². The number of hydrogen-bond acceptors (Lipinski definition) is 5. The van der Waals surface area contributed by atoms with Gasteiger partial charge in [0.2, 0.25) is 5.88 Å². The van der Waals surface area contributed by atoms with E-state index in [1.54, 1.807) is 36.0 Å². The number of aromatic nitrogens is 1. The van der Waals surface area contributed by atoms with Crippen molar-refractivity contribution in [1.29, 1.82) is 0 Å². The maximum Gasteiger partial charge on any atom is 0.317 e. The van der Waals surface area contributed by atoms with E-state index in [2.05, 4.69) is 22.1 Å². The number of ether oxygens (including phenoxy) is 1. The maximum atomic E-state index is 13.5. The average molecular weight is 493 g/mol. The summed E-state index contributed by atoms with van der Waals surface area (Å²) in [7, 11) is 1.71. The number of aliphatic hydroxyl groups is 1. The molecule has 3 rings (SSSR count). The molecule has 1 aromatic heterocycles. The van der Waals surface area contributed by atoms with E-state index in [-0.39, 0.29) is 42.4 Å². The average Bonchev–Trinajstić information content (AvgIpc) is 2.86. The summed E-state index contributed by atoms with van der Waals surface area (Å²) in [5.41, 5.74) is 2.01. The molecular weight excluding hydrogens is 456 g/mol. The second kappa shape index (κ2) is 12.4. The van der Waals surface area contributed by atoms with Crippen molar-refractivity contribution in [1.82, 2.24) is 20.1 Å². The molecule has 0 spiro atoms. The van der Waals surface area contributed by atoms with Crippen molar-refractivity contribution in [3.8, 4) is 17.7 Å². The molecular formula is C28H36N4O4. The third-order valence-electron chi connectivity index (χ3n) is 6.10. The SMILES string of the molecule is CC(C)NC(=O)N(C)C[C@@H]1Oc2ncc(C#CCc3ccccc3)cc2C(=O)N([C@H](C)CO)C[C@@H]1C. The Balaban J connectivity index is 1.90. The molecule has 0 unspecified atom stereocenters. The predicted octanol–water partition coefficient (Wildman–Crippen LogP) is 2.95. The molecule has 0 saturated carbocycles. The highest BCUT2D eigenvalue weighted by Gasteiger charge is 2.34. The summed E-state index contributed by atoms with van der Waals surface area (Å²) >= 11 is 0. The maximum absolute atomic E-state index is 13.5. The van der Waals surface area contributed by atoms with Crippen LogP contribution < -0.4 is 10.1 Å². The normalized spacial score (nSPS) is 18.2. The van der Waals surface area contributed by atoms with Gasteiger partial charge in [-0.15, -0.1) is 0 Å². The van der Waals surface area contributed by atoms with E-state index in [1.165, 1.54) is 0 Å². The highest BCUT2D eigenvalue weighted by Crippen LogP contribution is 2.27. The number of amides is 3. The zero-order chi connectivity index (χ0) is 26.2. The molecule has 2 aromatic rings. The number of benzene rings is 1. The first-order valence-electron chi connectivity index (χ1n) is 12.3. The van der Waals surface area contributed by atoms with Gasteiger partial charge in [0.05, 0.1) is 19.2 Å². The van der Waals surface area contributed by atoms with E-state index in [0.29, 0.717) is 30.6 Å². The number of fused-ring (bicyclic) bond motifs is 1. The number of rotatable bonds is 6. The molecule has 36 heavy (non-hydrogen) atoms. The topological polar surface area (TPSA) is 95.0 Å². The van der Waals surface area contributed by atoms with Gasteiger partial charge in [0.25, 0.3) is 5.91 Å². The van der Waals surface area contributed by atoms with Crippen molar-refractivity contribution in [2.75, 3.05) is 26.7 Å². The molecule has 2 N–H and O–H groups in total. The summed E-state index contributed by atoms with van der Waals surface area (Å²) in [4.78, 5) is 33.7. The second-order valence-electron chi connectivity index (χ2n) is 9.65. The van der Waals surface area contributed by atoms with Gasteiger partial charge >= 0.3 is 6.03 Å². The number of urea groups is 1. The summed E-state index contributed by atoms with van der Waals surface area (Å²) in [6.45, 7) is 8.10. The lowest BCUT2D eigenvalue weighted by atomic mass is 10.00. The Hall–Kier alpha value is -3.57. The van der Waals surface area contributed by atoms with Crippen LogP contribution in [0.3, 0.4) is 0 Å². The number of hydrogen-bond donors (Lipinski definition) is 2. The fraction of sp³-hybridized carbons (Fsp3) is 0.464. The summed E-state index contributed by atoms with van der Waals surface area (Å²) in [5.74, 6) is 6.06. The van der Waals surface area contributed by atoms with Crippen molar-refractivity contribution < 1.29 is 19.4 Å². The standard InChI is InChI=1S/C28H36N4O4/c1-19(2)30-28(35)31(5)17-25-20(3)16-32(21(4)18-33)27(34)24-14-23(15-29-26(24)36-25)13-9-12-22-10-7-6-8-11-22/h6-8,10-11,14-15,19-21,25,33H,12,16-18H2,1-5H3,(H,30,35)/t20-,21+,25-/m0/s1. The molecule has 1 aliphatic heterocycles. The Bertz CT molecular complexity index is 1110.